The van der Waals surface area contributed by atoms with Gasteiger partial charge in [-0.1, -0.05) is 32.0 Å². The maximum Gasteiger partial charge on any atom is 0.160 e. The molecule has 0 atom stereocenters. The molecule has 108 valence electrons. The number of fused-ring (bicyclic) bond motifs is 1. The van der Waals surface area contributed by atoms with Gasteiger partial charge in [0.15, 0.2) is 5.65 Å². The van der Waals surface area contributed by atoms with Gasteiger partial charge in [0.2, 0.25) is 0 Å². The van der Waals surface area contributed by atoms with Crippen LogP contribution in [0.15, 0.2) is 41.4 Å². The number of benzene rings is 1. The number of hydrogen-bond donors (Lipinski definition) is 0. The van der Waals surface area contributed by atoms with Gasteiger partial charge < -0.3 is 4.57 Å². The summed E-state index contributed by atoms with van der Waals surface area (Å²) in [5, 5.41) is 0.543. The van der Waals surface area contributed by atoms with E-state index < -0.39 is 0 Å². The molecule has 0 fully saturated rings. The van der Waals surface area contributed by atoms with Gasteiger partial charge in [-0.25, -0.2) is 9.97 Å². The Kier molecular flexibility index (Phi) is 3.72. The van der Waals surface area contributed by atoms with Crippen molar-refractivity contribution in [2.45, 2.75) is 30.9 Å². The molecule has 0 radical (unpaired) electrons. The van der Waals surface area contributed by atoms with Crippen molar-refractivity contribution >= 4 is 22.9 Å². The number of imidazole rings is 1. The van der Waals surface area contributed by atoms with E-state index in [9.17, 15) is 0 Å². The molecular weight excluding hydrogens is 278 g/mol. The Hall–Kier alpha value is -1.81. The molecule has 0 spiro atoms. The molecule has 0 aliphatic carbocycles. The molecule has 0 unspecified atom stereocenters. The molecule has 0 amide bonds. The normalized spacial score (nSPS) is 11.5. The van der Waals surface area contributed by atoms with Gasteiger partial charge in [0.1, 0.15) is 11.3 Å². The predicted molar refractivity (Wildman–Crippen MR) is 89.7 cm³/mol. The van der Waals surface area contributed by atoms with E-state index in [0.29, 0.717) is 5.25 Å². The van der Waals surface area contributed by atoms with Crippen molar-refractivity contribution in [1.29, 1.82) is 0 Å². The second-order valence-corrected chi connectivity index (χ2v) is 7.13. The van der Waals surface area contributed by atoms with Crippen LogP contribution in [0.5, 0.6) is 0 Å². The van der Waals surface area contributed by atoms with E-state index in [0.717, 1.165) is 22.6 Å². The monoisotopic (exact) mass is 297 g/mol. The zero-order chi connectivity index (χ0) is 15.0. The third kappa shape index (κ3) is 2.68. The van der Waals surface area contributed by atoms with E-state index in [1.54, 1.807) is 0 Å². The summed E-state index contributed by atoms with van der Waals surface area (Å²) < 4.78 is 2.08. The van der Waals surface area contributed by atoms with Crippen LogP contribution in [-0.4, -0.2) is 19.8 Å². The molecule has 3 nitrogen and oxygen atoms in total. The van der Waals surface area contributed by atoms with Crippen LogP contribution < -0.4 is 0 Å². The minimum Gasteiger partial charge on any atom is -0.312 e. The second-order valence-electron chi connectivity index (χ2n) is 5.51. The molecule has 0 aliphatic rings. The summed E-state index contributed by atoms with van der Waals surface area (Å²) >= 11 is 1.87. The lowest BCUT2D eigenvalue weighted by molar-refractivity contribution is 0.937. The lowest BCUT2D eigenvalue weighted by atomic mass is 10.2. The molecule has 4 heteroatoms. The first-order valence-electron chi connectivity index (χ1n) is 7.11. The lowest BCUT2D eigenvalue weighted by Crippen LogP contribution is -1.96. The van der Waals surface area contributed by atoms with Gasteiger partial charge >= 0.3 is 0 Å². The summed E-state index contributed by atoms with van der Waals surface area (Å²) in [6.45, 7) is 6.46. The molecule has 3 rings (SSSR count). The summed E-state index contributed by atoms with van der Waals surface area (Å²) in [5.74, 6) is 0.979. The standard InChI is InChI=1S/C17H19N3S/c1-11(2)21-15-8-6-5-7-13(15)16-19-14-9-12(3)10-18-17(14)20(16)4/h5-11H,1-4H3. The summed E-state index contributed by atoms with van der Waals surface area (Å²) in [6, 6.07) is 10.5. The summed E-state index contributed by atoms with van der Waals surface area (Å²) in [7, 11) is 2.03. The molecular formula is C17H19N3S. The third-order valence-corrected chi connectivity index (χ3v) is 4.42. The number of rotatable bonds is 3. The summed E-state index contributed by atoms with van der Waals surface area (Å²) in [6.07, 6.45) is 1.89. The van der Waals surface area contributed by atoms with Crippen LogP contribution in [0.1, 0.15) is 19.4 Å². The van der Waals surface area contributed by atoms with Gasteiger partial charge in [-0.15, -0.1) is 11.8 Å². The zero-order valence-electron chi connectivity index (χ0n) is 12.8. The summed E-state index contributed by atoms with van der Waals surface area (Å²) in [4.78, 5) is 10.6. The van der Waals surface area contributed by atoms with Crippen molar-refractivity contribution in [3.05, 3.63) is 42.1 Å². The zero-order valence-corrected chi connectivity index (χ0v) is 13.6. The largest absolute Gasteiger partial charge is 0.312 e. The molecule has 0 bridgehead atoms. The Labute approximate surface area is 129 Å². The van der Waals surface area contributed by atoms with Gasteiger partial charge in [0.05, 0.1) is 0 Å². The number of hydrogen-bond acceptors (Lipinski definition) is 3. The quantitative estimate of drug-likeness (QED) is 0.669. The molecule has 0 N–H and O–H groups in total. The molecule has 0 saturated heterocycles. The molecule has 21 heavy (non-hydrogen) atoms. The van der Waals surface area contributed by atoms with Gasteiger partial charge in [-0.2, -0.15) is 0 Å². The molecule has 2 aromatic heterocycles. The Morgan fingerprint density at radius 3 is 2.71 bits per heavy atom. The van der Waals surface area contributed by atoms with Crippen LogP contribution in [0.4, 0.5) is 0 Å². The number of pyridine rings is 1. The van der Waals surface area contributed by atoms with Crippen molar-refractivity contribution in [3.8, 4) is 11.4 Å². The van der Waals surface area contributed by atoms with E-state index >= 15 is 0 Å². The van der Waals surface area contributed by atoms with Gasteiger partial charge in [0.25, 0.3) is 0 Å². The maximum absolute atomic E-state index is 4.80. The Balaban J connectivity index is 2.19. The number of aromatic nitrogens is 3. The van der Waals surface area contributed by atoms with Gasteiger partial charge in [-0.05, 0) is 24.6 Å². The van der Waals surface area contributed by atoms with E-state index in [1.165, 1.54) is 10.5 Å². The minimum absolute atomic E-state index is 0.543. The van der Waals surface area contributed by atoms with Crippen molar-refractivity contribution in [1.82, 2.24) is 14.5 Å². The Morgan fingerprint density at radius 1 is 1.19 bits per heavy atom. The fraction of sp³-hybridized carbons (Fsp3) is 0.294. The smallest absolute Gasteiger partial charge is 0.160 e. The van der Waals surface area contributed by atoms with E-state index in [2.05, 4.69) is 53.7 Å². The maximum atomic E-state index is 4.80. The number of nitrogens with zero attached hydrogens (tertiary/aromatic N) is 3. The van der Waals surface area contributed by atoms with Crippen LogP contribution in [0, 0.1) is 6.92 Å². The van der Waals surface area contributed by atoms with Crippen molar-refractivity contribution < 1.29 is 0 Å². The Morgan fingerprint density at radius 2 is 1.95 bits per heavy atom. The first kappa shape index (κ1) is 14.1. The fourth-order valence-corrected chi connectivity index (χ4v) is 3.38. The van der Waals surface area contributed by atoms with Gasteiger partial charge in [0, 0.05) is 29.0 Å². The first-order chi connectivity index (χ1) is 10.1. The van der Waals surface area contributed by atoms with E-state index in [-0.39, 0.29) is 0 Å². The highest BCUT2D eigenvalue weighted by Crippen LogP contribution is 2.34. The van der Waals surface area contributed by atoms with Crippen LogP contribution in [0.2, 0.25) is 0 Å². The van der Waals surface area contributed by atoms with E-state index in [1.807, 2.05) is 31.9 Å². The fourth-order valence-electron chi connectivity index (χ4n) is 2.43. The highest BCUT2D eigenvalue weighted by molar-refractivity contribution is 8.00. The molecule has 2 heterocycles. The first-order valence-corrected chi connectivity index (χ1v) is 7.99. The molecule has 0 saturated carbocycles. The van der Waals surface area contributed by atoms with Crippen molar-refractivity contribution in [3.63, 3.8) is 0 Å². The molecule has 1 aromatic carbocycles. The second kappa shape index (κ2) is 5.53. The van der Waals surface area contributed by atoms with E-state index in [4.69, 9.17) is 4.98 Å². The molecule has 0 aliphatic heterocycles. The van der Waals surface area contributed by atoms with Crippen molar-refractivity contribution in [2.75, 3.05) is 0 Å². The average molecular weight is 297 g/mol. The highest BCUT2D eigenvalue weighted by Gasteiger charge is 2.14. The van der Waals surface area contributed by atoms with Crippen LogP contribution in [0.3, 0.4) is 0 Å². The average Bonchev–Trinajstić information content (AvgIpc) is 2.75. The lowest BCUT2D eigenvalue weighted by Gasteiger charge is -2.10. The minimum atomic E-state index is 0.543. The number of thioether (sulfide) groups is 1. The van der Waals surface area contributed by atoms with Gasteiger partial charge in [-0.3, -0.25) is 0 Å². The summed E-state index contributed by atoms with van der Waals surface area (Å²) in [5.41, 5.74) is 4.20. The Bertz CT molecular complexity index is 790. The molecule has 3 aromatic rings. The predicted octanol–water partition coefficient (Wildman–Crippen LogP) is 4.44. The van der Waals surface area contributed by atoms with Crippen LogP contribution >= 0.6 is 11.8 Å². The highest BCUT2D eigenvalue weighted by atomic mass is 32.2. The SMILES string of the molecule is Cc1cnc2c(c1)nc(-c1ccccc1SC(C)C)n2C. The van der Waals surface area contributed by atoms with Crippen molar-refractivity contribution in [2.24, 2.45) is 7.05 Å². The topological polar surface area (TPSA) is 30.7 Å². The van der Waals surface area contributed by atoms with Crippen LogP contribution in [-0.2, 0) is 7.05 Å². The third-order valence-electron chi connectivity index (χ3n) is 3.34. The van der Waals surface area contributed by atoms with Crippen LogP contribution in [0.25, 0.3) is 22.6 Å². The number of aryl methyl sites for hydroxylation is 2.